The Bertz CT molecular complexity index is 665. The van der Waals surface area contributed by atoms with Gasteiger partial charge in [-0.1, -0.05) is 12.1 Å². The second-order valence-corrected chi connectivity index (χ2v) is 8.34. The summed E-state index contributed by atoms with van der Waals surface area (Å²) >= 11 is 0. The highest BCUT2D eigenvalue weighted by molar-refractivity contribution is 14.0. The van der Waals surface area contributed by atoms with Crippen LogP contribution < -0.4 is 15.4 Å². The number of nitrogens with one attached hydrogen (secondary N) is 2. The van der Waals surface area contributed by atoms with Gasteiger partial charge in [0.25, 0.3) is 0 Å². The molecule has 2 aliphatic rings. The first-order chi connectivity index (χ1) is 13.5. The Morgan fingerprint density at radius 1 is 1.21 bits per heavy atom. The van der Waals surface area contributed by atoms with Gasteiger partial charge in [-0.05, 0) is 58.3 Å². The number of guanidine groups is 1. The van der Waals surface area contributed by atoms with Crippen molar-refractivity contribution in [2.75, 3.05) is 53.4 Å². The van der Waals surface area contributed by atoms with Gasteiger partial charge in [0, 0.05) is 44.3 Å². The minimum absolute atomic E-state index is 0. The Balaban J connectivity index is 0.00000300. The molecule has 0 bridgehead atoms. The Hall–Kier alpha value is -1.06. The number of rotatable bonds is 8. The number of hydrogen-bond donors (Lipinski definition) is 2. The zero-order valence-corrected chi connectivity index (χ0v) is 20.7. The van der Waals surface area contributed by atoms with Gasteiger partial charge < -0.3 is 20.3 Å². The van der Waals surface area contributed by atoms with Crippen LogP contribution in [0.4, 0.5) is 0 Å². The lowest BCUT2D eigenvalue weighted by molar-refractivity contribution is 0.116. The smallest absolute Gasteiger partial charge is 0.191 e. The zero-order chi connectivity index (χ0) is 19.9. The molecule has 0 amide bonds. The maximum atomic E-state index is 6.09. The second-order valence-electron chi connectivity index (χ2n) is 8.34. The predicted octanol–water partition coefficient (Wildman–Crippen LogP) is 2.70. The van der Waals surface area contributed by atoms with Crippen molar-refractivity contribution < 1.29 is 4.74 Å². The number of aliphatic imine (C=N–C) groups is 1. The molecule has 1 saturated carbocycles. The van der Waals surface area contributed by atoms with E-state index in [1.165, 1.54) is 18.4 Å². The van der Waals surface area contributed by atoms with Gasteiger partial charge in [0.15, 0.2) is 5.96 Å². The summed E-state index contributed by atoms with van der Waals surface area (Å²) in [5, 5.41) is 6.91. The van der Waals surface area contributed by atoms with E-state index >= 15 is 0 Å². The third-order valence-electron chi connectivity index (χ3n) is 5.63. The fraction of sp³-hybridized carbons (Fsp3) is 0.682. The summed E-state index contributed by atoms with van der Waals surface area (Å²) in [4.78, 5) is 9.65. The fourth-order valence-electron chi connectivity index (χ4n) is 3.46. The quantitative estimate of drug-likeness (QED) is 0.317. The van der Waals surface area contributed by atoms with E-state index in [-0.39, 0.29) is 24.0 Å². The van der Waals surface area contributed by atoms with Gasteiger partial charge >= 0.3 is 0 Å². The molecule has 1 aromatic rings. The van der Waals surface area contributed by atoms with Crippen molar-refractivity contribution in [3.05, 3.63) is 29.3 Å². The second kappa shape index (κ2) is 12.0. The maximum absolute atomic E-state index is 6.09. The average Bonchev–Trinajstić information content (AvgIpc) is 3.50. The van der Waals surface area contributed by atoms with E-state index in [4.69, 9.17) is 9.73 Å². The van der Waals surface area contributed by atoms with E-state index in [1.54, 1.807) is 0 Å². The monoisotopic (exact) mass is 515 g/mol. The van der Waals surface area contributed by atoms with Crippen LogP contribution in [0, 0.1) is 12.8 Å². The van der Waals surface area contributed by atoms with Gasteiger partial charge in [-0.3, -0.25) is 4.90 Å². The van der Waals surface area contributed by atoms with Gasteiger partial charge in [0.1, 0.15) is 5.75 Å². The van der Waals surface area contributed by atoms with Crippen LogP contribution in [0.2, 0.25) is 0 Å². The lowest BCUT2D eigenvalue weighted by Gasteiger charge is -2.37. The fourth-order valence-corrected chi connectivity index (χ4v) is 3.46. The van der Waals surface area contributed by atoms with Gasteiger partial charge in [0.05, 0.1) is 13.2 Å². The number of hydrogen-bond acceptors (Lipinski definition) is 4. The molecule has 3 rings (SSSR count). The largest absolute Gasteiger partial charge is 0.493 e. The molecule has 1 aliphatic carbocycles. The number of benzene rings is 1. The topological polar surface area (TPSA) is 52.1 Å². The molecule has 0 spiro atoms. The van der Waals surface area contributed by atoms with E-state index in [9.17, 15) is 0 Å². The molecule has 7 heteroatoms. The van der Waals surface area contributed by atoms with E-state index in [0.717, 1.165) is 62.5 Å². The van der Waals surface area contributed by atoms with Gasteiger partial charge in [-0.25, -0.2) is 4.99 Å². The number of nitrogens with zero attached hydrogens (tertiary/aromatic N) is 3. The van der Waals surface area contributed by atoms with Crippen LogP contribution in [0.1, 0.15) is 30.9 Å². The zero-order valence-electron chi connectivity index (χ0n) is 18.4. The highest BCUT2D eigenvalue weighted by Crippen LogP contribution is 2.30. The van der Waals surface area contributed by atoms with Crippen molar-refractivity contribution >= 4 is 29.9 Å². The molecule has 0 aromatic heterocycles. The molecule has 1 aromatic carbocycles. The molecule has 1 unspecified atom stereocenters. The van der Waals surface area contributed by atoms with E-state index in [0.29, 0.717) is 12.6 Å². The van der Waals surface area contributed by atoms with Crippen LogP contribution in [0.15, 0.2) is 23.2 Å². The van der Waals surface area contributed by atoms with Crippen LogP contribution in [-0.4, -0.2) is 75.2 Å². The Morgan fingerprint density at radius 2 is 2.00 bits per heavy atom. The maximum Gasteiger partial charge on any atom is 0.191 e. The van der Waals surface area contributed by atoms with Crippen LogP contribution in [-0.2, 0) is 6.54 Å². The Morgan fingerprint density at radius 3 is 2.72 bits per heavy atom. The minimum atomic E-state index is 0. The lowest BCUT2D eigenvalue weighted by Crippen LogP contribution is -2.55. The van der Waals surface area contributed by atoms with Crippen LogP contribution in [0.25, 0.3) is 0 Å². The van der Waals surface area contributed by atoms with Crippen LogP contribution in [0.5, 0.6) is 5.75 Å². The molecule has 1 atom stereocenters. The van der Waals surface area contributed by atoms with Crippen molar-refractivity contribution in [3.63, 3.8) is 0 Å². The third kappa shape index (κ3) is 7.94. The lowest BCUT2D eigenvalue weighted by atomic mass is 10.1. The molecular weight excluding hydrogens is 477 g/mol. The highest BCUT2D eigenvalue weighted by atomic mass is 127. The minimum Gasteiger partial charge on any atom is -0.493 e. The first kappa shape index (κ1) is 24.2. The number of likely N-dealkylation sites (N-methyl/N-ethyl adjacent to an activating group) is 2. The Labute approximate surface area is 193 Å². The van der Waals surface area contributed by atoms with Crippen molar-refractivity contribution in [3.8, 4) is 5.75 Å². The number of piperazine rings is 1. The summed E-state index contributed by atoms with van der Waals surface area (Å²) < 4.78 is 6.09. The summed E-state index contributed by atoms with van der Waals surface area (Å²) in [7, 11) is 4.40. The van der Waals surface area contributed by atoms with E-state index in [1.807, 2.05) is 0 Å². The SMILES string of the molecule is CCNC(=NCc1ccc(C)cc1OCC1CC1)NCC1CN(C)CCN1C.I. The molecular formula is C22H38IN5O. The standard InChI is InChI=1S/C22H37N5O.HI/c1-5-23-22(25-14-20-15-26(3)10-11-27(20)4)24-13-19-9-6-17(2)12-21(19)28-16-18-7-8-18;/h6,9,12,18,20H,5,7-8,10-11,13-16H2,1-4H3,(H2,23,24,25);1H. The normalized spacial score (nSPS) is 20.8. The molecule has 1 saturated heterocycles. The highest BCUT2D eigenvalue weighted by Gasteiger charge is 2.23. The summed E-state index contributed by atoms with van der Waals surface area (Å²) in [5.41, 5.74) is 2.38. The summed E-state index contributed by atoms with van der Waals surface area (Å²) in [6.45, 7) is 10.8. The van der Waals surface area contributed by atoms with Gasteiger partial charge in [-0.2, -0.15) is 0 Å². The molecule has 164 valence electrons. The van der Waals surface area contributed by atoms with Crippen molar-refractivity contribution in [2.45, 2.75) is 39.3 Å². The van der Waals surface area contributed by atoms with E-state index in [2.05, 4.69) is 66.6 Å². The average molecular weight is 515 g/mol. The number of aryl methyl sites for hydroxylation is 1. The molecule has 1 heterocycles. The molecule has 29 heavy (non-hydrogen) atoms. The molecule has 2 N–H and O–H groups in total. The Kier molecular flexibility index (Phi) is 9.98. The van der Waals surface area contributed by atoms with Crippen LogP contribution >= 0.6 is 24.0 Å². The van der Waals surface area contributed by atoms with Crippen molar-refractivity contribution in [1.29, 1.82) is 0 Å². The predicted molar refractivity (Wildman–Crippen MR) is 132 cm³/mol. The van der Waals surface area contributed by atoms with Gasteiger partial charge in [-0.15, -0.1) is 24.0 Å². The van der Waals surface area contributed by atoms with Crippen LogP contribution in [0.3, 0.4) is 0 Å². The van der Waals surface area contributed by atoms with E-state index < -0.39 is 0 Å². The molecule has 0 radical (unpaired) electrons. The van der Waals surface area contributed by atoms with Crippen molar-refractivity contribution in [1.82, 2.24) is 20.4 Å². The molecule has 6 nitrogen and oxygen atoms in total. The van der Waals surface area contributed by atoms with Crippen molar-refractivity contribution in [2.24, 2.45) is 10.9 Å². The van der Waals surface area contributed by atoms with Gasteiger partial charge in [0.2, 0.25) is 0 Å². The summed E-state index contributed by atoms with van der Waals surface area (Å²) in [6.07, 6.45) is 2.61. The molecule has 1 aliphatic heterocycles. The molecule has 2 fully saturated rings. The summed E-state index contributed by atoms with van der Waals surface area (Å²) in [6, 6.07) is 6.93. The third-order valence-corrected chi connectivity index (χ3v) is 5.63. The number of halogens is 1. The first-order valence-electron chi connectivity index (χ1n) is 10.7. The number of ether oxygens (including phenoxy) is 1. The first-order valence-corrected chi connectivity index (χ1v) is 10.7. The summed E-state index contributed by atoms with van der Waals surface area (Å²) in [5.74, 6) is 2.61.